The Morgan fingerprint density at radius 1 is 1.38 bits per heavy atom. The summed E-state index contributed by atoms with van der Waals surface area (Å²) in [4.78, 5) is 11.8. The van der Waals surface area contributed by atoms with Crippen molar-refractivity contribution in [2.45, 2.75) is 25.8 Å². The molecular weight excluding hydrogens is 207 g/mol. The summed E-state index contributed by atoms with van der Waals surface area (Å²) < 4.78 is 12.7. The average molecular weight is 224 g/mol. The minimum Gasteiger partial charge on any atom is -0.347 e. The lowest BCUT2D eigenvalue weighted by Gasteiger charge is -2.25. The van der Waals surface area contributed by atoms with Gasteiger partial charge in [-0.1, -0.05) is 0 Å². The second kappa shape index (κ2) is 5.07. The van der Waals surface area contributed by atoms with Crippen molar-refractivity contribution in [2.24, 2.45) is 5.73 Å². The van der Waals surface area contributed by atoms with E-state index in [4.69, 9.17) is 5.73 Å². The maximum atomic E-state index is 12.7. The van der Waals surface area contributed by atoms with E-state index in [1.54, 1.807) is 0 Å². The molecule has 0 aliphatic rings. The zero-order chi connectivity index (χ0) is 12.2. The van der Waals surface area contributed by atoms with Gasteiger partial charge < -0.3 is 11.1 Å². The van der Waals surface area contributed by atoms with Gasteiger partial charge in [0.1, 0.15) is 5.82 Å². The van der Waals surface area contributed by atoms with Gasteiger partial charge in [0.2, 0.25) is 0 Å². The van der Waals surface area contributed by atoms with Crippen LogP contribution in [0.3, 0.4) is 0 Å². The van der Waals surface area contributed by atoms with E-state index in [0.29, 0.717) is 18.5 Å². The van der Waals surface area contributed by atoms with Crippen molar-refractivity contribution in [3.8, 4) is 0 Å². The highest BCUT2D eigenvalue weighted by atomic mass is 19.1. The number of carbonyl (C=O) groups excluding carboxylic acids is 1. The van der Waals surface area contributed by atoms with Crippen LogP contribution in [0.5, 0.6) is 0 Å². The molecule has 3 N–H and O–H groups in total. The van der Waals surface area contributed by atoms with E-state index in [9.17, 15) is 9.18 Å². The van der Waals surface area contributed by atoms with Crippen LogP contribution >= 0.6 is 0 Å². The molecule has 0 bridgehead atoms. The minimum atomic E-state index is -0.349. The summed E-state index contributed by atoms with van der Waals surface area (Å²) in [5, 5.41) is 2.85. The summed E-state index contributed by atoms with van der Waals surface area (Å²) in [6, 6.07) is 5.46. The molecule has 0 aliphatic carbocycles. The topological polar surface area (TPSA) is 55.1 Å². The molecule has 0 aliphatic heterocycles. The summed E-state index contributed by atoms with van der Waals surface area (Å²) in [6.07, 6.45) is 0.694. The molecule has 0 saturated carbocycles. The Labute approximate surface area is 94.8 Å². The molecule has 1 rings (SSSR count). The number of nitrogens with two attached hydrogens (primary N) is 1. The molecule has 0 fully saturated rings. The molecule has 16 heavy (non-hydrogen) atoms. The number of halogens is 1. The Morgan fingerprint density at radius 3 is 2.44 bits per heavy atom. The van der Waals surface area contributed by atoms with E-state index in [2.05, 4.69) is 5.32 Å². The van der Waals surface area contributed by atoms with Crippen LogP contribution in [0.1, 0.15) is 30.6 Å². The average Bonchev–Trinajstić information content (AvgIpc) is 2.17. The van der Waals surface area contributed by atoms with Gasteiger partial charge in [0.05, 0.1) is 0 Å². The van der Waals surface area contributed by atoms with E-state index >= 15 is 0 Å². The second-order valence-electron chi connectivity index (χ2n) is 4.38. The Hall–Kier alpha value is -1.42. The van der Waals surface area contributed by atoms with Gasteiger partial charge in [0.25, 0.3) is 5.91 Å². The number of hydrogen-bond acceptors (Lipinski definition) is 2. The molecule has 0 saturated heterocycles. The van der Waals surface area contributed by atoms with Gasteiger partial charge in [-0.3, -0.25) is 4.79 Å². The van der Waals surface area contributed by atoms with Crippen molar-refractivity contribution in [1.29, 1.82) is 0 Å². The van der Waals surface area contributed by atoms with E-state index in [0.717, 1.165) is 0 Å². The molecule has 4 heteroatoms. The highest BCUT2D eigenvalue weighted by molar-refractivity contribution is 5.94. The Morgan fingerprint density at radius 2 is 1.94 bits per heavy atom. The summed E-state index contributed by atoms with van der Waals surface area (Å²) in [6.45, 7) is 4.32. The van der Waals surface area contributed by atoms with E-state index in [1.807, 2.05) is 13.8 Å². The molecular formula is C12H17FN2O. The first-order valence-corrected chi connectivity index (χ1v) is 5.23. The number of hydrogen-bond donors (Lipinski definition) is 2. The molecule has 0 radical (unpaired) electrons. The molecule has 0 spiro atoms. The van der Waals surface area contributed by atoms with Crippen LogP contribution in [-0.4, -0.2) is 18.0 Å². The maximum absolute atomic E-state index is 12.7. The van der Waals surface area contributed by atoms with Crippen molar-refractivity contribution in [1.82, 2.24) is 5.32 Å². The standard InChI is InChI=1S/C12H17FN2O/c1-12(2,7-8-14)15-11(16)9-3-5-10(13)6-4-9/h3-6H,7-8,14H2,1-2H3,(H,15,16). The predicted molar refractivity (Wildman–Crippen MR) is 61.6 cm³/mol. The minimum absolute atomic E-state index is 0.210. The highest BCUT2D eigenvalue weighted by Crippen LogP contribution is 2.09. The number of nitrogens with one attached hydrogen (secondary N) is 1. The van der Waals surface area contributed by atoms with Crippen LogP contribution in [-0.2, 0) is 0 Å². The third-order valence-corrected chi connectivity index (χ3v) is 2.33. The van der Waals surface area contributed by atoms with Gasteiger partial charge in [0.15, 0.2) is 0 Å². The summed E-state index contributed by atoms with van der Waals surface area (Å²) in [5.41, 5.74) is 5.55. The normalized spacial score (nSPS) is 11.2. The van der Waals surface area contributed by atoms with Crippen molar-refractivity contribution in [2.75, 3.05) is 6.54 Å². The smallest absolute Gasteiger partial charge is 0.251 e. The van der Waals surface area contributed by atoms with Gasteiger partial charge in [-0.2, -0.15) is 0 Å². The number of benzene rings is 1. The van der Waals surface area contributed by atoms with Crippen LogP contribution in [0.4, 0.5) is 4.39 Å². The van der Waals surface area contributed by atoms with Crippen molar-refractivity contribution in [3.05, 3.63) is 35.6 Å². The number of carbonyl (C=O) groups is 1. The Kier molecular flexibility index (Phi) is 4.01. The van der Waals surface area contributed by atoms with Crippen LogP contribution in [0, 0.1) is 5.82 Å². The molecule has 0 atom stereocenters. The fourth-order valence-corrected chi connectivity index (χ4v) is 1.40. The molecule has 3 nitrogen and oxygen atoms in total. The lowest BCUT2D eigenvalue weighted by Crippen LogP contribution is -2.44. The SMILES string of the molecule is CC(C)(CCN)NC(=O)c1ccc(F)cc1. The van der Waals surface area contributed by atoms with Crippen LogP contribution in [0.25, 0.3) is 0 Å². The van der Waals surface area contributed by atoms with Gasteiger partial charge in [-0.25, -0.2) is 4.39 Å². The molecule has 0 aromatic heterocycles. The van der Waals surface area contributed by atoms with Gasteiger partial charge in [-0.05, 0) is 51.1 Å². The predicted octanol–water partition coefficient (Wildman–Crippen LogP) is 1.68. The fourth-order valence-electron chi connectivity index (χ4n) is 1.40. The monoisotopic (exact) mass is 224 g/mol. The van der Waals surface area contributed by atoms with Gasteiger partial charge in [0, 0.05) is 11.1 Å². The molecule has 0 heterocycles. The van der Waals surface area contributed by atoms with E-state index < -0.39 is 0 Å². The molecule has 1 aromatic carbocycles. The molecule has 1 aromatic rings. The maximum Gasteiger partial charge on any atom is 0.251 e. The first-order valence-electron chi connectivity index (χ1n) is 5.23. The first kappa shape index (κ1) is 12.6. The Bertz CT molecular complexity index is 360. The van der Waals surface area contributed by atoms with E-state index in [-0.39, 0.29) is 17.3 Å². The van der Waals surface area contributed by atoms with Crippen LogP contribution in [0.15, 0.2) is 24.3 Å². The zero-order valence-electron chi connectivity index (χ0n) is 9.59. The lowest BCUT2D eigenvalue weighted by atomic mass is 10.00. The highest BCUT2D eigenvalue weighted by Gasteiger charge is 2.19. The summed E-state index contributed by atoms with van der Waals surface area (Å²) in [5.74, 6) is -0.559. The van der Waals surface area contributed by atoms with E-state index in [1.165, 1.54) is 24.3 Å². The third-order valence-electron chi connectivity index (χ3n) is 2.33. The van der Waals surface area contributed by atoms with Crippen LogP contribution in [0.2, 0.25) is 0 Å². The van der Waals surface area contributed by atoms with Crippen molar-refractivity contribution < 1.29 is 9.18 Å². The largest absolute Gasteiger partial charge is 0.347 e. The third kappa shape index (κ3) is 3.62. The number of rotatable bonds is 4. The van der Waals surface area contributed by atoms with Gasteiger partial charge >= 0.3 is 0 Å². The number of amides is 1. The summed E-state index contributed by atoms with van der Waals surface area (Å²) >= 11 is 0. The zero-order valence-corrected chi connectivity index (χ0v) is 9.59. The quantitative estimate of drug-likeness (QED) is 0.817. The molecule has 0 unspecified atom stereocenters. The second-order valence-corrected chi connectivity index (χ2v) is 4.38. The fraction of sp³-hybridized carbons (Fsp3) is 0.417. The molecule has 1 amide bonds. The van der Waals surface area contributed by atoms with Crippen LogP contribution < -0.4 is 11.1 Å². The first-order chi connectivity index (χ1) is 7.44. The van der Waals surface area contributed by atoms with Crippen molar-refractivity contribution >= 4 is 5.91 Å². The van der Waals surface area contributed by atoms with Gasteiger partial charge in [-0.15, -0.1) is 0 Å². The van der Waals surface area contributed by atoms with Crippen molar-refractivity contribution in [3.63, 3.8) is 0 Å². The molecule has 88 valence electrons. The Balaban J connectivity index is 2.69. The summed E-state index contributed by atoms with van der Waals surface area (Å²) in [7, 11) is 0. The lowest BCUT2D eigenvalue weighted by molar-refractivity contribution is 0.0910.